The fourth-order valence-electron chi connectivity index (χ4n) is 5.32. The summed E-state index contributed by atoms with van der Waals surface area (Å²) in [4.78, 5) is 2.67. The monoisotopic (exact) mass is 377 g/mol. The number of hydrogen-bond acceptors (Lipinski definition) is 4. The van der Waals surface area contributed by atoms with Crippen molar-refractivity contribution in [3.05, 3.63) is 41.5 Å². The van der Waals surface area contributed by atoms with Gasteiger partial charge < -0.3 is 14.2 Å². The molecule has 5 rings (SSSR count). The van der Waals surface area contributed by atoms with Gasteiger partial charge in [-0.15, -0.1) is 0 Å². The Morgan fingerprint density at radius 1 is 0.821 bits per heavy atom. The van der Waals surface area contributed by atoms with E-state index >= 15 is 0 Å². The van der Waals surface area contributed by atoms with E-state index in [2.05, 4.69) is 42.2 Å². The van der Waals surface area contributed by atoms with Gasteiger partial charge in [-0.05, 0) is 89.7 Å². The molecule has 2 aliphatic heterocycles. The average Bonchev–Trinajstić information content (AvgIpc) is 3.11. The molecule has 0 radical (unpaired) electrons. The first-order chi connectivity index (χ1) is 13.6. The highest BCUT2D eigenvalue weighted by Crippen LogP contribution is 2.47. The third kappa shape index (κ3) is 2.40. The van der Waals surface area contributed by atoms with Gasteiger partial charge in [0.1, 0.15) is 5.75 Å². The molecule has 1 fully saturated rings. The van der Waals surface area contributed by atoms with E-state index < -0.39 is 0 Å². The van der Waals surface area contributed by atoms with Gasteiger partial charge in [-0.1, -0.05) is 6.07 Å². The van der Waals surface area contributed by atoms with E-state index in [4.69, 9.17) is 14.2 Å². The first kappa shape index (κ1) is 17.6. The lowest BCUT2D eigenvalue weighted by Crippen LogP contribution is -2.46. The van der Waals surface area contributed by atoms with Crippen LogP contribution >= 0.6 is 0 Å². The van der Waals surface area contributed by atoms with Crippen LogP contribution in [0.15, 0.2) is 30.3 Å². The summed E-state index contributed by atoms with van der Waals surface area (Å²) in [7, 11) is 5.13. The van der Waals surface area contributed by atoms with Gasteiger partial charge in [0, 0.05) is 12.1 Å². The second-order valence-corrected chi connectivity index (χ2v) is 8.32. The Hall–Kier alpha value is -2.46. The van der Waals surface area contributed by atoms with Crippen LogP contribution in [-0.2, 0) is 13.0 Å². The number of methoxy groups -OCH3 is 3. The van der Waals surface area contributed by atoms with Gasteiger partial charge in [0.25, 0.3) is 0 Å². The minimum absolute atomic E-state index is 0.257. The van der Waals surface area contributed by atoms with Gasteiger partial charge >= 0.3 is 0 Å². The zero-order valence-corrected chi connectivity index (χ0v) is 17.1. The molecule has 0 bridgehead atoms. The summed E-state index contributed by atoms with van der Waals surface area (Å²) in [6, 6.07) is 10.7. The van der Waals surface area contributed by atoms with Gasteiger partial charge in [0.15, 0.2) is 11.5 Å². The molecular formula is C24H27NO3. The molecule has 2 heterocycles. The molecular weight excluding hydrogens is 350 g/mol. The molecule has 2 aliphatic rings. The molecule has 1 atom stereocenters. The molecule has 1 unspecified atom stereocenters. The van der Waals surface area contributed by atoms with Crippen LogP contribution in [0.1, 0.15) is 30.9 Å². The van der Waals surface area contributed by atoms with E-state index in [9.17, 15) is 0 Å². The second-order valence-electron chi connectivity index (χ2n) is 8.32. The Bertz CT molecular complexity index is 1090. The van der Waals surface area contributed by atoms with Gasteiger partial charge in [-0.25, -0.2) is 0 Å². The quantitative estimate of drug-likeness (QED) is 0.606. The maximum atomic E-state index is 5.64. The summed E-state index contributed by atoms with van der Waals surface area (Å²) in [5.41, 5.74) is 3.18. The van der Waals surface area contributed by atoms with Gasteiger partial charge in [0.2, 0.25) is 0 Å². The fraction of sp³-hybridized carbons (Fsp3) is 0.417. The summed E-state index contributed by atoms with van der Waals surface area (Å²) in [5, 5.41) is 5.03. The number of rotatable bonds is 3. The Balaban J connectivity index is 1.89. The van der Waals surface area contributed by atoms with E-state index in [0.717, 1.165) is 30.2 Å². The van der Waals surface area contributed by atoms with Crippen LogP contribution in [0.2, 0.25) is 0 Å². The summed E-state index contributed by atoms with van der Waals surface area (Å²) in [6.07, 6.45) is 3.63. The molecule has 0 amide bonds. The molecule has 28 heavy (non-hydrogen) atoms. The lowest BCUT2D eigenvalue weighted by molar-refractivity contribution is 0.134. The standard InChI is InChI=1S/C24H27NO3/c1-24-8-5-9-25(24)14-21-16-7-6-15(26-2)10-17(16)18-11-22(27-3)23(28-4)12-19(18)20(21)13-24/h6-7,10-12H,5,8-9,13-14H2,1-4H3. The van der Waals surface area contributed by atoms with Crippen LogP contribution < -0.4 is 14.2 Å². The van der Waals surface area contributed by atoms with Crippen LogP contribution in [0.4, 0.5) is 0 Å². The molecule has 1 saturated heterocycles. The summed E-state index contributed by atoms with van der Waals surface area (Å²) in [6.45, 7) is 4.63. The van der Waals surface area contributed by atoms with E-state index in [0.29, 0.717) is 0 Å². The summed E-state index contributed by atoms with van der Waals surface area (Å²) in [5.74, 6) is 2.44. The third-order valence-corrected chi connectivity index (χ3v) is 6.87. The fourth-order valence-corrected chi connectivity index (χ4v) is 5.32. The van der Waals surface area contributed by atoms with Crippen molar-refractivity contribution in [3.8, 4) is 17.2 Å². The van der Waals surface area contributed by atoms with Crippen LogP contribution in [0.3, 0.4) is 0 Å². The van der Waals surface area contributed by atoms with Crippen molar-refractivity contribution in [1.82, 2.24) is 4.90 Å². The Kier molecular flexibility index (Phi) is 3.95. The molecule has 4 heteroatoms. The zero-order chi connectivity index (χ0) is 19.5. The van der Waals surface area contributed by atoms with Crippen LogP contribution in [0.25, 0.3) is 21.5 Å². The number of fused-ring (bicyclic) bond motifs is 7. The molecule has 0 aliphatic carbocycles. The molecule has 0 N–H and O–H groups in total. The highest BCUT2D eigenvalue weighted by atomic mass is 16.5. The maximum Gasteiger partial charge on any atom is 0.161 e. The lowest BCUT2D eigenvalue weighted by atomic mass is 9.79. The van der Waals surface area contributed by atoms with E-state index in [1.54, 1.807) is 21.3 Å². The van der Waals surface area contributed by atoms with Crippen molar-refractivity contribution >= 4 is 21.5 Å². The predicted molar refractivity (Wildman–Crippen MR) is 113 cm³/mol. The molecule has 3 aromatic carbocycles. The maximum absolute atomic E-state index is 5.64. The number of hydrogen-bond donors (Lipinski definition) is 0. The highest BCUT2D eigenvalue weighted by molar-refractivity contribution is 6.12. The zero-order valence-electron chi connectivity index (χ0n) is 17.1. The summed E-state index contributed by atoms with van der Waals surface area (Å²) < 4.78 is 16.8. The van der Waals surface area contributed by atoms with Gasteiger partial charge in [-0.2, -0.15) is 0 Å². The van der Waals surface area contributed by atoms with Crippen molar-refractivity contribution in [2.45, 2.75) is 38.3 Å². The number of benzene rings is 3. The molecule has 0 saturated carbocycles. The van der Waals surface area contributed by atoms with E-state index in [1.165, 1.54) is 52.1 Å². The van der Waals surface area contributed by atoms with Crippen LogP contribution in [-0.4, -0.2) is 38.3 Å². The molecule has 146 valence electrons. The first-order valence-electron chi connectivity index (χ1n) is 10.0. The molecule has 4 nitrogen and oxygen atoms in total. The lowest BCUT2D eigenvalue weighted by Gasteiger charge is -2.41. The topological polar surface area (TPSA) is 30.9 Å². The largest absolute Gasteiger partial charge is 0.497 e. The molecule has 0 spiro atoms. The van der Waals surface area contributed by atoms with Crippen LogP contribution in [0, 0.1) is 0 Å². The normalized spacial score (nSPS) is 21.6. The first-order valence-corrected chi connectivity index (χ1v) is 10.0. The SMILES string of the molecule is COc1ccc2c3c(c4cc(OC)c(OC)cc4c2c1)CC1(C)CCCN1C3. The van der Waals surface area contributed by atoms with E-state index in [1.807, 2.05) is 0 Å². The molecule has 3 aromatic rings. The van der Waals surface area contributed by atoms with Gasteiger partial charge in [-0.3, -0.25) is 4.90 Å². The van der Waals surface area contributed by atoms with Crippen molar-refractivity contribution < 1.29 is 14.2 Å². The van der Waals surface area contributed by atoms with Gasteiger partial charge in [0.05, 0.1) is 21.3 Å². The predicted octanol–water partition coefficient (Wildman–Crippen LogP) is 4.93. The number of ether oxygens (including phenoxy) is 3. The minimum atomic E-state index is 0.257. The highest BCUT2D eigenvalue weighted by Gasteiger charge is 2.41. The Morgan fingerprint density at radius 2 is 1.54 bits per heavy atom. The third-order valence-electron chi connectivity index (χ3n) is 6.87. The van der Waals surface area contributed by atoms with E-state index in [-0.39, 0.29) is 5.54 Å². The van der Waals surface area contributed by atoms with Crippen molar-refractivity contribution in [3.63, 3.8) is 0 Å². The molecule has 0 aromatic heterocycles. The van der Waals surface area contributed by atoms with Crippen LogP contribution in [0.5, 0.6) is 17.2 Å². The smallest absolute Gasteiger partial charge is 0.161 e. The Morgan fingerprint density at radius 3 is 2.25 bits per heavy atom. The van der Waals surface area contributed by atoms with Crippen molar-refractivity contribution in [2.24, 2.45) is 0 Å². The number of nitrogens with zero attached hydrogens (tertiary/aromatic N) is 1. The summed E-state index contributed by atoms with van der Waals surface area (Å²) >= 11 is 0. The van der Waals surface area contributed by atoms with Crippen molar-refractivity contribution in [2.75, 3.05) is 27.9 Å². The Labute approximate surface area is 166 Å². The average molecular weight is 377 g/mol. The minimum Gasteiger partial charge on any atom is -0.497 e. The van der Waals surface area contributed by atoms with Crippen molar-refractivity contribution in [1.29, 1.82) is 0 Å². The second kappa shape index (κ2) is 6.28.